The molecule has 0 bridgehead atoms. The molecule has 0 atom stereocenters. The van der Waals surface area contributed by atoms with Crippen LogP contribution in [0.25, 0.3) is 0 Å². The number of amides is 2. The van der Waals surface area contributed by atoms with Crippen LogP contribution in [-0.4, -0.2) is 37.4 Å². The third-order valence-electron chi connectivity index (χ3n) is 3.45. The zero-order chi connectivity index (χ0) is 17.7. The van der Waals surface area contributed by atoms with Crippen LogP contribution in [-0.2, 0) is 22.5 Å². The molecule has 0 radical (unpaired) electrons. The van der Waals surface area contributed by atoms with Crippen molar-refractivity contribution in [1.29, 1.82) is 0 Å². The lowest BCUT2D eigenvalue weighted by molar-refractivity contribution is 0.0453. The Balaban J connectivity index is 1.70. The van der Waals surface area contributed by atoms with Crippen molar-refractivity contribution in [2.45, 2.75) is 20.0 Å². The van der Waals surface area contributed by atoms with Crippen LogP contribution >= 0.6 is 0 Å². The summed E-state index contributed by atoms with van der Waals surface area (Å²) in [6.07, 6.45) is 4.28. The lowest BCUT2D eigenvalue weighted by Crippen LogP contribution is -2.30. The summed E-state index contributed by atoms with van der Waals surface area (Å²) in [6.45, 7) is 4.84. The molecule has 6 heteroatoms. The molecule has 0 aliphatic carbocycles. The Kier molecular flexibility index (Phi) is 8.44. The van der Waals surface area contributed by atoms with Crippen LogP contribution in [0.1, 0.15) is 18.1 Å². The van der Waals surface area contributed by atoms with Crippen molar-refractivity contribution in [1.82, 2.24) is 10.3 Å². The van der Waals surface area contributed by atoms with Crippen molar-refractivity contribution in [3.8, 4) is 0 Å². The summed E-state index contributed by atoms with van der Waals surface area (Å²) in [4.78, 5) is 16.0. The Morgan fingerprint density at radius 2 is 1.96 bits per heavy atom. The van der Waals surface area contributed by atoms with E-state index in [4.69, 9.17) is 9.47 Å². The molecule has 1 aromatic heterocycles. The van der Waals surface area contributed by atoms with Crippen LogP contribution in [0.2, 0.25) is 0 Å². The topological polar surface area (TPSA) is 72.5 Å². The van der Waals surface area contributed by atoms with E-state index < -0.39 is 0 Å². The van der Waals surface area contributed by atoms with Gasteiger partial charge in [0.05, 0.1) is 19.8 Å². The first-order valence-corrected chi connectivity index (χ1v) is 8.46. The number of carbonyl (C=O) groups excluding carboxylic acids is 1. The van der Waals surface area contributed by atoms with Gasteiger partial charge in [0.2, 0.25) is 0 Å². The highest BCUT2D eigenvalue weighted by Gasteiger charge is 2.03. The Morgan fingerprint density at radius 1 is 1.12 bits per heavy atom. The molecule has 0 saturated carbocycles. The second kappa shape index (κ2) is 11.2. The largest absolute Gasteiger partial charge is 0.379 e. The van der Waals surface area contributed by atoms with Crippen LogP contribution in [0.15, 0.2) is 48.8 Å². The molecule has 2 aromatic rings. The van der Waals surface area contributed by atoms with E-state index in [9.17, 15) is 4.79 Å². The normalized spacial score (nSPS) is 10.4. The molecule has 134 valence electrons. The predicted molar refractivity (Wildman–Crippen MR) is 97.6 cm³/mol. The van der Waals surface area contributed by atoms with E-state index in [1.54, 1.807) is 12.4 Å². The van der Waals surface area contributed by atoms with Crippen LogP contribution in [0.5, 0.6) is 0 Å². The molecule has 6 nitrogen and oxygen atoms in total. The minimum atomic E-state index is -0.224. The highest BCUT2D eigenvalue weighted by Crippen LogP contribution is 2.11. The highest BCUT2D eigenvalue weighted by atomic mass is 16.5. The zero-order valence-electron chi connectivity index (χ0n) is 14.5. The number of rotatable bonds is 10. The van der Waals surface area contributed by atoms with Gasteiger partial charge in [0.15, 0.2) is 0 Å². The van der Waals surface area contributed by atoms with Gasteiger partial charge in [-0.3, -0.25) is 4.98 Å². The van der Waals surface area contributed by atoms with Crippen molar-refractivity contribution in [3.05, 3.63) is 59.9 Å². The minimum Gasteiger partial charge on any atom is -0.379 e. The van der Waals surface area contributed by atoms with E-state index in [0.717, 1.165) is 23.2 Å². The van der Waals surface area contributed by atoms with Gasteiger partial charge in [-0.25, -0.2) is 4.79 Å². The summed E-state index contributed by atoms with van der Waals surface area (Å²) >= 11 is 0. The number of benzene rings is 1. The van der Waals surface area contributed by atoms with Gasteiger partial charge in [0, 0.05) is 31.2 Å². The molecule has 2 amide bonds. The number of urea groups is 1. The maximum Gasteiger partial charge on any atom is 0.319 e. The third-order valence-corrected chi connectivity index (χ3v) is 3.45. The highest BCUT2D eigenvalue weighted by molar-refractivity contribution is 5.89. The van der Waals surface area contributed by atoms with Gasteiger partial charge in [-0.05, 0) is 42.7 Å². The average molecular weight is 343 g/mol. The first-order valence-electron chi connectivity index (χ1n) is 8.46. The molecule has 25 heavy (non-hydrogen) atoms. The molecule has 0 aliphatic rings. The van der Waals surface area contributed by atoms with Crippen LogP contribution in [0.4, 0.5) is 10.5 Å². The fraction of sp³-hybridized carbons (Fsp3) is 0.368. The van der Waals surface area contributed by atoms with E-state index in [1.165, 1.54) is 0 Å². The fourth-order valence-corrected chi connectivity index (χ4v) is 2.23. The molecular formula is C19H25N3O3. The first-order chi connectivity index (χ1) is 12.3. The standard InChI is InChI=1S/C19H25N3O3/c1-2-24-11-12-25-15-17-5-3-7-18(13-17)22-19(23)21-10-8-16-6-4-9-20-14-16/h3-7,9,13-14H,2,8,10-12,15H2,1H3,(H2,21,22,23). The molecular weight excluding hydrogens is 318 g/mol. The van der Waals surface area contributed by atoms with Crippen LogP contribution in [0.3, 0.4) is 0 Å². The minimum absolute atomic E-state index is 0.224. The quantitative estimate of drug-likeness (QED) is 0.651. The second-order valence-corrected chi connectivity index (χ2v) is 5.44. The number of nitrogens with zero attached hydrogens (tertiary/aromatic N) is 1. The Morgan fingerprint density at radius 3 is 2.76 bits per heavy atom. The summed E-state index contributed by atoms with van der Waals surface area (Å²) in [5.74, 6) is 0. The lowest BCUT2D eigenvalue weighted by Gasteiger charge is -2.09. The van der Waals surface area contributed by atoms with E-state index >= 15 is 0 Å². The van der Waals surface area contributed by atoms with E-state index in [0.29, 0.717) is 33.0 Å². The van der Waals surface area contributed by atoms with Crippen molar-refractivity contribution in [3.63, 3.8) is 0 Å². The van der Waals surface area contributed by atoms with Gasteiger partial charge in [0.1, 0.15) is 0 Å². The van der Waals surface area contributed by atoms with E-state index in [-0.39, 0.29) is 6.03 Å². The average Bonchev–Trinajstić information content (AvgIpc) is 2.63. The monoisotopic (exact) mass is 343 g/mol. The maximum absolute atomic E-state index is 12.0. The number of hydrogen-bond acceptors (Lipinski definition) is 4. The lowest BCUT2D eigenvalue weighted by atomic mass is 10.2. The smallest absolute Gasteiger partial charge is 0.319 e. The van der Waals surface area contributed by atoms with Crippen molar-refractivity contribution < 1.29 is 14.3 Å². The Bertz CT molecular complexity index is 635. The van der Waals surface area contributed by atoms with Crippen molar-refractivity contribution in [2.75, 3.05) is 31.7 Å². The summed E-state index contributed by atoms with van der Waals surface area (Å²) in [5, 5.41) is 5.67. The van der Waals surface area contributed by atoms with Crippen molar-refractivity contribution in [2.24, 2.45) is 0 Å². The second-order valence-electron chi connectivity index (χ2n) is 5.44. The van der Waals surface area contributed by atoms with Crippen molar-refractivity contribution >= 4 is 11.7 Å². The molecule has 1 aromatic carbocycles. The number of ether oxygens (including phenoxy) is 2. The molecule has 0 aliphatic heterocycles. The number of pyridine rings is 1. The number of hydrogen-bond donors (Lipinski definition) is 2. The Hall–Kier alpha value is -2.44. The maximum atomic E-state index is 12.0. The van der Waals surface area contributed by atoms with E-state index in [2.05, 4.69) is 15.6 Å². The summed E-state index contributed by atoms with van der Waals surface area (Å²) < 4.78 is 10.8. The molecule has 1 heterocycles. The molecule has 0 fully saturated rings. The molecule has 2 N–H and O–H groups in total. The van der Waals surface area contributed by atoms with Gasteiger partial charge < -0.3 is 20.1 Å². The third kappa shape index (κ3) is 7.78. The summed E-state index contributed by atoms with van der Waals surface area (Å²) in [7, 11) is 0. The van der Waals surface area contributed by atoms with Gasteiger partial charge >= 0.3 is 6.03 Å². The number of nitrogens with one attached hydrogen (secondary N) is 2. The molecule has 0 spiro atoms. The summed E-state index contributed by atoms with van der Waals surface area (Å²) in [5.41, 5.74) is 2.84. The van der Waals surface area contributed by atoms with Gasteiger partial charge in [-0.15, -0.1) is 0 Å². The zero-order valence-corrected chi connectivity index (χ0v) is 14.5. The van der Waals surface area contributed by atoms with Gasteiger partial charge in [0.25, 0.3) is 0 Å². The molecule has 2 rings (SSSR count). The van der Waals surface area contributed by atoms with Crippen LogP contribution < -0.4 is 10.6 Å². The van der Waals surface area contributed by atoms with Gasteiger partial charge in [-0.2, -0.15) is 0 Å². The number of carbonyl (C=O) groups is 1. The predicted octanol–water partition coefficient (Wildman–Crippen LogP) is 3.00. The molecule has 0 saturated heterocycles. The number of anilines is 1. The molecule has 0 unspecified atom stereocenters. The van der Waals surface area contributed by atoms with Crippen LogP contribution in [0, 0.1) is 0 Å². The first kappa shape index (κ1) is 18.9. The Labute approximate surface area is 148 Å². The van der Waals surface area contributed by atoms with E-state index in [1.807, 2.05) is 43.3 Å². The fourth-order valence-electron chi connectivity index (χ4n) is 2.23. The number of aromatic nitrogens is 1. The van der Waals surface area contributed by atoms with Gasteiger partial charge in [-0.1, -0.05) is 18.2 Å². The summed E-state index contributed by atoms with van der Waals surface area (Å²) in [6, 6.07) is 11.3. The SMILES string of the molecule is CCOCCOCc1cccc(NC(=O)NCCc2cccnc2)c1.